The van der Waals surface area contributed by atoms with E-state index in [-0.39, 0.29) is 24.0 Å². The van der Waals surface area contributed by atoms with Crippen molar-refractivity contribution < 1.29 is 20.4 Å². The van der Waals surface area contributed by atoms with Crippen LogP contribution in [0, 0.1) is 11.8 Å². The average Bonchev–Trinajstić information content (AvgIpc) is 2.59. The Hall–Kier alpha value is -1.20. The van der Waals surface area contributed by atoms with Crippen molar-refractivity contribution in [1.82, 2.24) is 0 Å². The molecule has 0 aromatic carbocycles. The lowest BCUT2D eigenvalue weighted by Crippen LogP contribution is -2.31. The summed E-state index contributed by atoms with van der Waals surface area (Å²) < 4.78 is 0. The van der Waals surface area contributed by atoms with Gasteiger partial charge in [0.1, 0.15) is 0 Å². The molecule has 2 fully saturated rings. The first-order valence-corrected chi connectivity index (χ1v) is 10.4. The van der Waals surface area contributed by atoms with Gasteiger partial charge in [0, 0.05) is 12.8 Å². The summed E-state index contributed by atoms with van der Waals surface area (Å²) in [6.45, 7) is 16.0. The molecule has 0 bridgehead atoms. The Kier molecular flexibility index (Phi) is 10.4. The van der Waals surface area contributed by atoms with Crippen molar-refractivity contribution in [3.8, 4) is 0 Å². The molecule has 2 rings (SSSR count). The highest BCUT2D eigenvalue weighted by molar-refractivity contribution is 5.14. The summed E-state index contributed by atoms with van der Waals surface area (Å²) in [5.41, 5.74) is 4.31. The number of allylic oxidation sites excluding steroid dienone is 4. The van der Waals surface area contributed by atoms with Crippen molar-refractivity contribution in [2.75, 3.05) is 0 Å². The smallest absolute Gasteiger partial charge is 0.0774 e. The zero-order chi connectivity index (χ0) is 21.4. The number of hydrogen-bond acceptors (Lipinski definition) is 4. The quantitative estimate of drug-likeness (QED) is 0.544. The number of aliphatic hydroxyl groups is 4. The van der Waals surface area contributed by atoms with Crippen molar-refractivity contribution in [1.29, 1.82) is 0 Å². The molecule has 4 heteroatoms. The highest BCUT2D eigenvalue weighted by atomic mass is 16.3. The fourth-order valence-electron chi connectivity index (χ4n) is 3.77. The van der Waals surface area contributed by atoms with Crippen molar-refractivity contribution in [3.63, 3.8) is 0 Å². The van der Waals surface area contributed by atoms with Crippen LogP contribution in [0.4, 0.5) is 0 Å². The van der Waals surface area contributed by atoms with Gasteiger partial charge in [-0.1, -0.05) is 36.5 Å². The SMILES string of the molecule is C=C1C(O)CC(O)CC1CC=C(C)C.C=C1C(O)CC(O)CC1CC=C(C)C. The monoisotopic (exact) mass is 392 g/mol. The van der Waals surface area contributed by atoms with Gasteiger partial charge in [-0.3, -0.25) is 0 Å². The number of hydrogen-bond donors (Lipinski definition) is 4. The van der Waals surface area contributed by atoms with E-state index in [0.717, 1.165) is 36.8 Å². The summed E-state index contributed by atoms with van der Waals surface area (Å²) in [6, 6.07) is 0. The molecule has 160 valence electrons. The zero-order valence-corrected chi connectivity index (χ0v) is 18.1. The molecule has 0 radical (unpaired) electrons. The third-order valence-corrected chi connectivity index (χ3v) is 5.63. The van der Waals surface area contributed by atoms with E-state index < -0.39 is 12.2 Å². The van der Waals surface area contributed by atoms with E-state index in [4.69, 9.17) is 0 Å². The maximum atomic E-state index is 9.60. The maximum absolute atomic E-state index is 9.60. The van der Waals surface area contributed by atoms with Crippen molar-refractivity contribution >= 4 is 0 Å². The lowest BCUT2D eigenvalue weighted by Gasteiger charge is -2.31. The van der Waals surface area contributed by atoms with Gasteiger partial charge in [0.05, 0.1) is 24.4 Å². The van der Waals surface area contributed by atoms with Gasteiger partial charge < -0.3 is 20.4 Å². The third kappa shape index (κ3) is 8.44. The normalized spacial score (nSPS) is 32.9. The van der Waals surface area contributed by atoms with Crippen LogP contribution in [0.25, 0.3) is 0 Å². The second kappa shape index (κ2) is 11.7. The van der Waals surface area contributed by atoms with Gasteiger partial charge in [-0.25, -0.2) is 0 Å². The highest BCUT2D eigenvalue weighted by Gasteiger charge is 2.29. The molecule has 0 spiro atoms. The van der Waals surface area contributed by atoms with Gasteiger partial charge in [-0.15, -0.1) is 0 Å². The Morgan fingerprint density at radius 1 is 0.714 bits per heavy atom. The second-order valence-corrected chi connectivity index (χ2v) is 8.86. The summed E-state index contributed by atoms with van der Waals surface area (Å²) in [4.78, 5) is 0. The minimum Gasteiger partial charge on any atom is -0.393 e. The molecule has 4 N–H and O–H groups in total. The number of aliphatic hydroxyl groups excluding tert-OH is 4. The zero-order valence-electron chi connectivity index (χ0n) is 18.1. The van der Waals surface area contributed by atoms with E-state index >= 15 is 0 Å². The fraction of sp³-hybridized carbons (Fsp3) is 0.667. The maximum Gasteiger partial charge on any atom is 0.0774 e. The Morgan fingerprint density at radius 3 is 1.32 bits per heavy atom. The molecule has 4 nitrogen and oxygen atoms in total. The van der Waals surface area contributed by atoms with Crippen LogP contribution in [-0.4, -0.2) is 44.8 Å². The minimum absolute atomic E-state index is 0.239. The van der Waals surface area contributed by atoms with Crippen LogP contribution in [-0.2, 0) is 0 Å². The Balaban J connectivity index is 0.000000280. The highest BCUT2D eigenvalue weighted by Crippen LogP contribution is 2.32. The van der Waals surface area contributed by atoms with Crippen LogP contribution in [0.3, 0.4) is 0 Å². The Morgan fingerprint density at radius 2 is 1.04 bits per heavy atom. The predicted molar refractivity (Wildman–Crippen MR) is 116 cm³/mol. The summed E-state index contributed by atoms with van der Waals surface area (Å²) in [5, 5.41) is 38.2. The summed E-state index contributed by atoms with van der Waals surface area (Å²) in [5.74, 6) is 0.479. The molecule has 2 saturated carbocycles. The van der Waals surface area contributed by atoms with E-state index in [0.29, 0.717) is 12.8 Å². The first-order valence-electron chi connectivity index (χ1n) is 10.4. The molecule has 0 heterocycles. The van der Waals surface area contributed by atoms with Gasteiger partial charge in [0.2, 0.25) is 0 Å². The lowest BCUT2D eigenvalue weighted by atomic mass is 9.79. The molecule has 2 aliphatic rings. The van der Waals surface area contributed by atoms with Crippen molar-refractivity contribution in [2.45, 2.75) is 90.6 Å². The molecule has 6 unspecified atom stereocenters. The minimum atomic E-state index is -0.519. The van der Waals surface area contributed by atoms with Gasteiger partial charge >= 0.3 is 0 Å². The van der Waals surface area contributed by atoms with Crippen LogP contribution in [0.1, 0.15) is 66.2 Å². The van der Waals surface area contributed by atoms with Gasteiger partial charge in [0.25, 0.3) is 0 Å². The summed E-state index contributed by atoms with van der Waals surface area (Å²) >= 11 is 0. The molecule has 0 saturated heterocycles. The van der Waals surface area contributed by atoms with Gasteiger partial charge in [-0.2, -0.15) is 0 Å². The van der Waals surface area contributed by atoms with Crippen molar-refractivity contribution in [3.05, 3.63) is 47.6 Å². The molecular weight excluding hydrogens is 352 g/mol. The Labute approximate surface area is 171 Å². The molecule has 0 amide bonds. The summed E-state index contributed by atoms with van der Waals surface area (Å²) in [7, 11) is 0. The van der Waals surface area contributed by atoms with Crippen LogP contribution in [0.2, 0.25) is 0 Å². The van der Waals surface area contributed by atoms with E-state index in [9.17, 15) is 20.4 Å². The fourth-order valence-corrected chi connectivity index (χ4v) is 3.77. The molecule has 0 aliphatic heterocycles. The molecule has 0 aromatic rings. The average molecular weight is 393 g/mol. The van der Waals surface area contributed by atoms with Crippen LogP contribution >= 0.6 is 0 Å². The van der Waals surface area contributed by atoms with Crippen LogP contribution < -0.4 is 0 Å². The van der Waals surface area contributed by atoms with E-state index in [1.807, 2.05) is 0 Å². The lowest BCUT2D eigenvalue weighted by molar-refractivity contribution is 0.0519. The summed E-state index contributed by atoms with van der Waals surface area (Å²) in [6.07, 6.45) is 6.64. The number of rotatable bonds is 4. The molecule has 0 aromatic heterocycles. The first-order chi connectivity index (χ1) is 13.0. The van der Waals surface area contributed by atoms with E-state index in [2.05, 4.69) is 53.0 Å². The van der Waals surface area contributed by atoms with Crippen molar-refractivity contribution in [2.24, 2.45) is 11.8 Å². The van der Waals surface area contributed by atoms with Crippen LogP contribution in [0.5, 0.6) is 0 Å². The van der Waals surface area contributed by atoms with E-state index in [1.165, 1.54) is 11.1 Å². The predicted octanol–water partition coefficient (Wildman–Crippen LogP) is 4.06. The van der Waals surface area contributed by atoms with Gasteiger partial charge in [0.15, 0.2) is 0 Å². The second-order valence-electron chi connectivity index (χ2n) is 8.86. The molecular formula is C24H40O4. The molecule has 6 atom stereocenters. The molecule has 2 aliphatic carbocycles. The van der Waals surface area contributed by atoms with E-state index in [1.54, 1.807) is 0 Å². The van der Waals surface area contributed by atoms with Crippen LogP contribution in [0.15, 0.2) is 47.6 Å². The first kappa shape index (κ1) is 24.8. The standard InChI is InChI=1S/2C12H20O2/c2*1-8(2)4-5-10-6-11(13)7-12(14)9(10)3/h2*4,10-14H,3,5-7H2,1-2H3. The van der Waals surface area contributed by atoms with Gasteiger partial charge in [-0.05, 0) is 76.4 Å². The molecule has 28 heavy (non-hydrogen) atoms. The topological polar surface area (TPSA) is 80.9 Å². The third-order valence-electron chi connectivity index (χ3n) is 5.63. The largest absolute Gasteiger partial charge is 0.393 e. The Bertz CT molecular complexity index is 529.